The number of hydrogen-bond donors (Lipinski definition) is 0. The Morgan fingerprint density at radius 1 is 0.818 bits per heavy atom. The molecule has 2 aromatic carbocycles. The van der Waals surface area contributed by atoms with Crippen LogP contribution in [0.2, 0.25) is 0 Å². The van der Waals surface area contributed by atoms with Gasteiger partial charge in [-0.2, -0.15) is 0 Å². The van der Waals surface area contributed by atoms with Gasteiger partial charge in [0.25, 0.3) is 0 Å². The molecule has 114 valence electrons. The second-order valence-electron chi connectivity index (χ2n) is 6.64. The number of carbonyl (C=O) groups is 2. The van der Waals surface area contributed by atoms with Gasteiger partial charge in [0, 0.05) is 23.5 Å². The van der Waals surface area contributed by atoms with Crippen molar-refractivity contribution in [1.82, 2.24) is 0 Å². The van der Waals surface area contributed by atoms with Crippen molar-refractivity contribution < 1.29 is 9.59 Å². The van der Waals surface area contributed by atoms with Gasteiger partial charge in [-0.1, -0.05) is 81.4 Å². The van der Waals surface area contributed by atoms with Crippen molar-refractivity contribution in [2.45, 2.75) is 27.2 Å². The summed E-state index contributed by atoms with van der Waals surface area (Å²) in [5.41, 5.74) is 1.07. The Bertz CT molecular complexity index is 636. The van der Waals surface area contributed by atoms with E-state index in [4.69, 9.17) is 0 Å². The summed E-state index contributed by atoms with van der Waals surface area (Å²) in [6.45, 7) is 6.03. The Morgan fingerprint density at radius 2 is 1.27 bits per heavy atom. The molecule has 0 bridgehead atoms. The van der Waals surface area contributed by atoms with Crippen LogP contribution in [0.25, 0.3) is 0 Å². The molecule has 1 unspecified atom stereocenters. The number of benzene rings is 2. The summed E-state index contributed by atoms with van der Waals surface area (Å²) in [5, 5.41) is 0. The van der Waals surface area contributed by atoms with Crippen LogP contribution < -0.4 is 0 Å². The fraction of sp³-hybridized carbons (Fsp3) is 0.300. The van der Waals surface area contributed by atoms with E-state index in [1.807, 2.05) is 69.3 Å². The zero-order chi connectivity index (χ0) is 16.2. The van der Waals surface area contributed by atoms with Gasteiger partial charge >= 0.3 is 0 Å². The van der Waals surface area contributed by atoms with Gasteiger partial charge < -0.3 is 0 Å². The van der Waals surface area contributed by atoms with Crippen LogP contribution in [0.3, 0.4) is 0 Å². The van der Waals surface area contributed by atoms with Gasteiger partial charge in [0.05, 0.1) is 0 Å². The van der Waals surface area contributed by atoms with Crippen LogP contribution in [0.15, 0.2) is 60.7 Å². The van der Waals surface area contributed by atoms with Crippen LogP contribution in [0, 0.1) is 11.3 Å². The third-order valence-electron chi connectivity index (χ3n) is 3.91. The number of ketones is 2. The van der Waals surface area contributed by atoms with Crippen LogP contribution in [0.4, 0.5) is 0 Å². The van der Waals surface area contributed by atoms with Gasteiger partial charge in [0.2, 0.25) is 0 Å². The topological polar surface area (TPSA) is 34.1 Å². The predicted molar refractivity (Wildman–Crippen MR) is 89.1 cm³/mol. The Balaban J connectivity index is 2.25. The summed E-state index contributed by atoms with van der Waals surface area (Å²) < 4.78 is 0. The molecule has 2 rings (SSSR count). The quantitative estimate of drug-likeness (QED) is 0.742. The summed E-state index contributed by atoms with van der Waals surface area (Å²) in [4.78, 5) is 25.3. The molecule has 22 heavy (non-hydrogen) atoms. The first-order chi connectivity index (χ1) is 10.4. The molecule has 0 aliphatic rings. The Labute approximate surface area is 132 Å². The molecule has 0 amide bonds. The third-order valence-corrected chi connectivity index (χ3v) is 3.91. The minimum absolute atomic E-state index is 0.0183. The standard InChI is InChI=1S/C20H22O2/c1-20(2,3)17(19(22)16-12-8-5-9-13-16)14-18(21)15-10-6-4-7-11-15/h4-13,17H,14H2,1-3H3. The Morgan fingerprint density at radius 3 is 1.73 bits per heavy atom. The van der Waals surface area contributed by atoms with Crippen molar-refractivity contribution in [1.29, 1.82) is 0 Å². The highest BCUT2D eigenvalue weighted by Gasteiger charge is 2.33. The summed E-state index contributed by atoms with van der Waals surface area (Å²) in [5.74, 6) is -0.273. The van der Waals surface area contributed by atoms with Crippen molar-refractivity contribution in [2.75, 3.05) is 0 Å². The minimum Gasteiger partial charge on any atom is -0.294 e. The highest BCUT2D eigenvalue weighted by molar-refractivity contribution is 6.03. The molecular formula is C20H22O2. The SMILES string of the molecule is CC(C)(C)C(CC(=O)c1ccccc1)C(=O)c1ccccc1. The van der Waals surface area contributed by atoms with Gasteiger partial charge in [-0.05, 0) is 5.41 Å². The first-order valence-corrected chi connectivity index (χ1v) is 7.57. The molecule has 0 saturated carbocycles. The molecule has 0 aliphatic carbocycles. The first kappa shape index (κ1) is 16.2. The molecule has 1 atom stereocenters. The van der Waals surface area contributed by atoms with Crippen LogP contribution in [-0.2, 0) is 0 Å². The highest BCUT2D eigenvalue weighted by Crippen LogP contribution is 2.32. The van der Waals surface area contributed by atoms with E-state index in [1.54, 1.807) is 12.1 Å². The fourth-order valence-electron chi connectivity index (χ4n) is 2.52. The van der Waals surface area contributed by atoms with Gasteiger partial charge in [0.1, 0.15) is 0 Å². The molecule has 2 nitrogen and oxygen atoms in total. The van der Waals surface area contributed by atoms with Crippen molar-refractivity contribution >= 4 is 11.6 Å². The van der Waals surface area contributed by atoms with E-state index >= 15 is 0 Å². The van der Waals surface area contributed by atoms with E-state index in [0.717, 1.165) is 0 Å². The lowest BCUT2D eigenvalue weighted by Crippen LogP contribution is -2.31. The third kappa shape index (κ3) is 3.91. The molecule has 0 spiro atoms. The van der Waals surface area contributed by atoms with Gasteiger partial charge in [-0.3, -0.25) is 9.59 Å². The summed E-state index contributed by atoms with van der Waals surface area (Å²) in [6.07, 6.45) is 0.237. The maximum atomic E-state index is 12.8. The van der Waals surface area contributed by atoms with E-state index < -0.39 is 0 Å². The lowest BCUT2D eigenvalue weighted by Gasteiger charge is -2.29. The molecule has 0 N–H and O–H groups in total. The molecule has 2 heteroatoms. The second kappa shape index (κ2) is 6.69. The monoisotopic (exact) mass is 294 g/mol. The van der Waals surface area contributed by atoms with Gasteiger partial charge in [0.15, 0.2) is 11.6 Å². The van der Waals surface area contributed by atoms with E-state index in [2.05, 4.69) is 0 Å². The number of Topliss-reactive ketones (excluding diaryl/α,β-unsaturated/α-hetero) is 2. The highest BCUT2D eigenvalue weighted by atomic mass is 16.1. The number of rotatable bonds is 5. The first-order valence-electron chi connectivity index (χ1n) is 7.57. The zero-order valence-electron chi connectivity index (χ0n) is 13.4. The normalized spacial score (nSPS) is 12.7. The van der Waals surface area contributed by atoms with Crippen LogP contribution in [-0.4, -0.2) is 11.6 Å². The Kier molecular flexibility index (Phi) is 4.92. The molecule has 0 heterocycles. The zero-order valence-corrected chi connectivity index (χ0v) is 13.4. The molecule has 0 aromatic heterocycles. The van der Waals surface area contributed by atoms with Crippen molar-refractivity contribution in [3.63, 3.8) is 0 Å². The summed E-state index contributed by atoms with van der Waals surface area (Å²) >= 11 is 0. The van der Waals surface area contributed by atoms with Gasteiger partial charge in [-0.15, -0.1) is 0 Å². The van der Waals surface area contributed by atoms with Crippen LogP contribution in [0.5, 0.6) is 0 Å². The lowest BCUT2D eigenvalue weighted by atomic mass is 9.73. The van der Waals surface area contributed by atoms with Crippen molar-refractivity contribution in [2.24, 2.45) is 11.3 Å². The maximum Gasteiger partial charge on any atom is 0.166 e. The molecule has 2 aromatic rings. The summed E-state index contributed by atoms with van der Waals surface area (Å²) in [6, 6.07) is 18.4. The molecule has 0 aliphatic heterocycles. The predicted octanol–water partition coefficient (Wildman–Crippen LogP) is 4.80. The van der Waals surface area contributed by atoms with Crippen LogP contribution >= 0.6 is 0 Å². The van der Waals surface area contributed by atoms with Crippen molar-refractivity contribution in [3.8, 4) is 0 Å². The fourth-order valence-corrected chi connectivity index (χ4v) is 2.52. The smallest absolute Gasteiger partial charge is 0.166 e. The van der Waals surface area contributed by atoms with E-state index in [0.29, 0.717) is 11.1 Å². The lowest BCUT2D eigenvalue weighted by molar-refractivity contribution is 0.0745. The molecule has 0 radical (unpaired) electrons. The van der Waals surface area contributed by atoms with Crippen LogP contribution in [0.1, 0.15) is 47.9 Å². The average molecular weight is 294 g/mol. The van der Waals surface area contributed by atoms with E-state index in [-0.39, 0.29) is 29.3 Å². The minimum atomic E-state index is -0.331. The van der Waals surface area contributed by atoms with Gasteiger partial charge in [-0.25, -0.2) is 0 Å². The van der Waals surface area contributed by atoms with E-state index in [1.165, 1.54) is 0 Å². The number of carbonyl (C=O) groups excluding carboxylic acids is 2. The molecule has 0 fully saturated rings. The maximum absolute atomic E-state index is 12.8. The largest absolute Gasteiger partial charge is 0.294 e. The van der Waals surface area contributed by atoms with E-state index in [9.17, 15) is 9.59 Å². The molecular weight excluding hydrogens is 272 g/mol. The average Bonchev–Trinajstić information content (AvgIpc) is 2.52. The second-order valence-corrected chi connectivity index (χ2v) is 6.64. The number of hydrogen-bond acceptors (Lipinski definition) is 2. The van der Waals surface area contributed by atoms with Crippen molar-refractivity contribution in [3.05, 3.63) is 71.8 Å². The summed E-state index contributed by atoms with van der Waals surface area (Å²) in [7, 11) is 0. The Hall–Kier alpha value is -2.22. The molecule has 0 saturated heterocycles.